The van der Waals surface area contributed by atoms with E-state index in [1.165, 1.54) is 60.9 Å². The van der Waals surface area contributed by atoms with E-state index in [2.05, 4.69) is 136 Å². The highest BCUT2D eigenvalue weighted by Gasteiger charge is 2.50. The van der Waals surface area contributed by atoms with Crippen LogP contribution < -0.4 is 0 Å². The first-order chi connectivity index (χ1) is 21.3. The Bertz CT molecular complexity index is 2420. The predicted molar refractivity (Wildman–Crippen MR) is 176 cm³/mol. The van der Waals surface area contributed by atoms with Crippen molar-refractivity contribution in [1.82, 2.24) is 14.8 Å². The van der Waals surface area contributed by atoms with Crippen LogP contribution in [-0.2, 0) is 5.41 Å². The molecule has 2 aromatic heterocycles. The number of aromatic nitrogens is 3. The normalized spacial score (nSPS) is 16.0. The molecule has 43 heavy (non-hydrogen) atoms. The summed E-state index contributed by atoms with van der Waals surface area (Å²) in [6.07, 6.45) is 0. The van der Waals surface area contributed by atoms with E-state index in [0.29, 0.717) is 0 Å². The smallest absolute Gasteiger partial charge is 0.148 e. The summed E-state index contributed by atoms with van der Waals surface area (Å²) in [4.78, 5) is 0. The van der Waals surface area contributed by atoms with Gasteiger partial charge in [-0.1, -0.05) is 133 Å². The van der Waals surface area contributed by atoms with Gasteiger partial charge in [0.2, 0.25) is 0 Å². The quantitative estimate of drug-likeness (QED) is 0.209. The van der Waals surface area contributed by atoms with E-state index in [9.17, 15) is 0 Å². The summed E-state index contributed by atoms with van der Waals surface area (Å²) in [5, 5.41) is 13.6. The second kappa shape index (κ2) is 8.37. The molecule has 2 aliphatic rings. The van der Waals surface area contributed by atoms with E-state index in [4.69, 9.17) is 0 Å². The fourth-order valence-electron chi connectivity index (χ4n) is 7.74. The standard InChI is InChI=1S/C39H23N3S/c1-2-11-24(12-3-1)37-40-41-38(43-37)25-21-22-31-29(23-25)26-13-4-6-16-30(26)39(31)32-17-7-9-20-35(32)42-34-19-8-5-14-27(34)28-15-10-18-33(39)36(28)42/h1-23H. The third kappa shape index (κ3) is 2.88. The van der Waals surface area contributed by atoms with Crippen LogP contribution in [0.4, 0.5) is 0 Å². The number of hydrogen-bond donors (Lipinski definition) is 0. The fraction of sp³-hybridized carbons (Fsp3) is 0.0256. The topological polar surface area (TPSA) is 30.7 Å². The SMILES string of the molecule is c1ccc(-c2nnc(-c3ccc4c(c3)-c3ccccc3C43c4ccccc4-n4c5ccccc5c5cccc3c54)s2)cc1. The van der Waals surface area contributed by atoms with Gasteiger partial charge >= 0.3 is 0 Å². The molecule has 6 aromatic carbocycles. The zero-order chi connectivity index (χ0) is 28.1. The van der Waals surface area contributed by atoms with Gasteiger partial charge in [-0.2, -0.15) is 0 Å². The Hall–Kier alpha value is -5.32. The van der Waals surface area contributed by atoms with Gasteiger partial charge in [-0.05, 0) is 51.6 Å². The number of benzene rings is 6. The molecule has 0 saturated carbocycles. The van der Waals surface area contributed by atoms with Gasteiger partial charge in [0.25, 0.3) is 0 Å². The maximum atomic E-state index is 4.63. The molecule has 1 aliphatic heterocycles. The van der Waals surface area contributed by atoms with Crippen molar-refractivity contribution in [2.24, 2.45) is 0 Å². The van der Waals surface area contributed by atoms with Crippen LogP contribution in [0.3, 0.4) is 0 Å². The highest BCUT2D eigenvalue weighted by Crippen LogP contribution is 2.61. The summed E-state index contributed by atoms with van der Waals surface area (Å²) in [6, 6.07) is 50.9. The molecule has 0 N–H and O–H groups in total. The second-order valence-electron chi connectivity index (χ2n) is 11.4. The molecule has 200 valence electrons. The Balaban J connectivity index is 1.29. The fourth-order valence-corrected chi connectivity index (χ4v) is 8.58. The van der Waals surface area contributed by atoms with Crippen LogP contribution in [0.1, 0.15) is 22.3 Å². The van der Waals surface area contributed by atoms with E-state index >= 15 is 0 Å². The predicted octanol–water partition coefficient (Wildman–Crippen LogP) is 9.65. The van der Waals surface area contributed by atoms with Crippen LogP contribution in [0.2, 0.25) is 0 Å². The molecule has 0 saturated heterocycles. The minimum Gasteiger partial charge on any atom is -0.309 e. The monoisotopic (exact) mass is 565 g/mol. The summed E-state index contributed by atoms with van der Waals surface area (Å²) in [6.45, 7) is 0. The van der Waals surface area contributed by atoms with Crippen LogP contribution in [0.5, 0.6) is 0 Å². The minimum atomic E-state index is -0.429. The van der Waals surface area contributed by atoms with E-state index in [1.807, 2.05) is 18.2 Å². The maximum Gasteiger partial charge on any atom is 0.148 e. The van der Waals surface area contributed by atoms with Gasteiger partial charge in [-0.25, -0.2) is 0 Å². The number of rotatable bonds is 2. The third-order valence-corrected chi connectivity index (χ3v) is 10.4. The van der Waals surface area contributed by atoms with Crippen molar-refractivity contribution < 1.29 is 0 Å². The molecule has 4 heteroatoms. The van der Waals surface area contributed by atoms with Crippen molar-refractivity contribution in [2.75, 3.05) is 0 Å². The zero-order valence-electron chi connectivity index (χ0n) is 23.0. The molecule has 0 amide bonds. The van der Waals surface area contributed by atoms with Crippen LogP contribution in [0, 0.1) is 0 Å². The molecule has 0 bridgehead atoms. The van der Waals surface area contributed by atoms with Gasteiger partial charge in [0.05, 0.1) is 22.1 Å². The van der Waals surface area contributed by atoms with Gasteiger partial charge in [0, 0.05) is 21.9 Å². The summed E-state index contributed by atoms with van der Waals surface area (Å²) in [5.74, 6) is 0. The summed E-state index contributed by atoms with van der Waals surface area (Å²) < 4.78 is 2.49. The lowest BCUT2D eigenvalue weighted by Gasteiger charge is -2.39. The van der Waals surface area contributed by atoms with Crippen molar-refractivity contribution in [3.8, 4) is 38.0 Å². The lowest BCUT2D eigenvalue weighted by molar-refractivity contribution is 0.748. The van der Waals surface area contributed by atoms with Gasteiger partial charge in [-0.15, -0.1) is 10.2 Å². The van der Waals surface area contributed by atoms with Crippen molar-refractivity contribution in [1.29, 1.82) is 0 Å². The molecule has 10 rings (SSSR count). The minimum absolute atomic E-state index is 0.429. The maximum absolute atomic E-state index is 4.63. The van der Waals surface area contributed by atoms with Crippen LogP contribution in [0.15, 0.2) is 140 Å². The van der Waals surface area contributed by atoms with Crippen molar-refractivity contribution in [3.63, 3.8) is 0 Å². The summed E-state index contributed by atoms with van der Waals surface area (Å²) >= 11 is 1.64. The Labute approximate surface area is 252 Å². The molecular weight excluding hydrogens is 543 g/mol. The Morgan fingerprint density at radius 2 is 1.16 bits per heavy atom. The van der Waals surface area contributed by atoms with Crippen LogP contribution in [-0.4, -0.2) is 14.8 Å². The average Bonchev–Trinajstić information content (AvgIpc) is 3.77. The lowest BCUT2D eigenvalue weighted by atomic mass is 9.65. The molecule has 1 unspecified atom stereocenters. The second-order valence-corrected chi connectivity index (χ2v) is 12.4. The van der Waals surface area contributed by atoms with Gasteiger partial charge < -0.3 is 4.57 Å². The number of fused-ring (bicyclic) bond motifs is 12. The van der Waals surface area contributed by atoms with E-state index in [1.54, 1.807) is 11.3 Å². The number of nitrogens with zero attached hydrogens (tertiary/aromatic N) is 3. The first kappa shape index (κ1) is 23.3. The number of para-hydroxylation sites is 3. The summed E-state index contributed by atoms with van der Waals surface area (Å²) in [5.41, 5.74) is 13.4. The van der Waals surface area contributed by atoms with Gasteiger partial charge in [-0.3, -0.25) is 0 Å². The van der Waals surface area contributed by atoms with Crippen LogP contribution in [0.25, 0.3) is 59.8 Å². The zero-order valence-corrected chi connectivity index (χ0v) is 23.8. The molecular formula is C39H23N3S. The lowest BCUT2D eigenvalue weighted by Crippen LogP contribution is -2.33. The first-order valence-electron chi connectivity index (χ1n) is 14.6. The largest absolute Gasteiger partial charge is 0.309 e. The Morgan fingerprint density at radius 1 is 0.488 bits per heavy atom. The van der Waals surface area contributed by atoms with Gasteiger partial charge in [0.1, 0.15) is 10.0 Å². The van der Waals surface area contributed by atoms with Crippen molar-refractivity contribution in [3.05, 3.63) is 162 Å². The molecule has 1 aliphatic carbocycles. The van der Waals surface area contributed by atoms with Crippen LogP contribution >= 0.6 is 11.3 Å². The average molecular weight is 566 g/mol. The molecule has 0 radical (unpaired) electrons. The van der Waals surface area contributed by atoms with E-state index < -0.39 is 5.41 Å². The Kier molecular flexibility index (Phi) is 4.53. The Morgan fingerprint density at radius 3 is 2.07 bits per heavy atom. The van der Waals surface area contributed by atoms with Gasteiger partial charge in [0.15, 0.2) is 0 Å². The van der Waals surface area contributed by atoms with E-state index in [0.717, 1.165) is 21.1 Å². The molecule has 1 atom stereocenters. The highest BCUT2D eigenvalue weighted by molar-refractivity contribution is 7.17. The first-order valence-corrected chi connectivity index (χ1v) is 15.4. The van der Waals surface area contributed by atoms with Crippen molar-refractivity contribution in [2.45, 2.75) is 5.41 Å². The third-order valence-electron chi connectivity index (χ3n) is 9.39. The molecule has 8 aromatic rings. The molecule has 1 spiro atoms. The molecule has 3 nitrogen and oxygen atoms in total. The highest BCUT2D eigenvalue weighted by atomic mass is 32.1. The molecule has 0 fully saturated rings. The summed E-state index contributed by atoms with van der Waals surface area (Å²) in [7, 11) is 0. The van der Waals surface area contributed by atoms with E-state index in [-0.39, 0.29) is 0 Å². The number of hydrogen-bond acceptors (Lipinski definition) is 3. The van der Waals surface area contributed by atoms with Crippen molar-refractivity contribution >= 4 is 33.1 Å². The molecule has 3 heterocycles.